The number of nitrogens with zero attached hydrogens (tertiary/aromatic N) is 2. The number of carbonyl (C=O) groups excluding carboxylic acids is 1. The Balaban J connectivity index is 1.80. The van der Waals surface area contributed by atoms with Crippen LogP contribution in [-0.4, -0.2) is 56.8 Å². The number of carbonyl (C=O) groups is 1. The van der Waals surface area contributed by atoms with Gasteiger partial charge >= 0.3 is 5.97 Å². The molecule has 0 N–H and O–H groups in total. The van der Waals surface area contributed by atoms with Crippen molar-refractivity contribution in [3.8, 4) is 5.75 Å². The van der Waals surface area contributed by atoms with Crippen molar-refractivity contribution >= 4 is 16.0 Å². The first-order chi connectivity index (χ1) is 12.0. The van der Waals surface area contributed by atoms with E-state index in [9.17, 15) is 13.2 Å². The molecule has 2 aromatic carbocycles. The number of rotatable bonds is 4. The Morgan fingerprint density at radius 1 is 0.960 bits per heavy atom. The van der Waals surface area contributed by atoms with Crippen molar-refractivity contribution in [2.24, 2.45) is 0 Å². The largest absolute Gasteiger partial charge is 0.423 e. The third kappa shape index (κ3) is 4.07. The second kappa shape index (κ2) is 7.35. The molecular formula is C18H20N2O4S. The summed E-state index contributed by atoms with van der Waals surface area (Å²) < 4.78 is 32.3. The molecule has 3 rings (SSSR count). The van der Waals surface area contributed by atoms with Crippen molar-refractivity contribution in [3.63, 3.8) is 0 Å². The zero-order valence-corrected chi connectivity index (χ0v) is 14.8. The molecule has 0 aromatic heterocycles. The molecule has 25 heavy (non-hydrogen) atoms. The van der Waals surface area contributed by atoms with Gasteiger partial charge in [0.15, 0.2) is 0 Å². The van der Waals surface area contributed by atoms with E-state index in [0.717, 1.165) is 0 Å². The van der Waals surface area contributed by atoms with E-state index in [-0.39, 0.29) is 10.5 Å². The summed E-state index contributed by atoms with van der Waals surface area (Å²) in [7, 11) is -1.65. The molecule has 1 aliphatic heterocycles. The fraction of sp³-hybridized carbons (Fsp3) is 0.278. The summed E-state index contributed by atoms with van der Waals surface area (Å²) in [6.45, 7) is 2.26. The number of likely N-dealkylation sites (N-methyl/N-ethyl adjacent to an activating group) is 1. The van der Waals surface area contributed by atoms with Crippen molar-refractivity contribution in [1.82, 2.24) is 9.21 Å². The summed E-state index contributed by atoms with van der Waals surface area (Å²) in [5.74, 6) is -0.165. The SMILES string of the molecule is CN1CCN(S(=O)(=O)c2cccc(C(=O)Oc3ccccc3)c2)CC1. The molecule has 6 nitrogen and oxygen atoms in total. The number of hydrogen-bond acceptors (Lipinski definition) is 5. The molecule has 0 bridgehead atoms. The smallest absolute Gasteiger partial charge is 0.343 e. The Hall–Kier alpha value is -2.22. The van der Waals surface area contributed by atoms with Crippen molar-refractivity contribution in [3.05, 3.63) is 60.2 Å². The first kappa shape index (κ1) is 17.6. The quantitative estimate of drug-likeness (QED) is 0.615. The predicted octanol–water partition coefficient (Wildman–Crippen LogP) is 1.84. The van der Waals surface area contributed by atoms with Crippen molar-refractivity contribution < 1.29 is 17.9 Å². The second-order valence-corrected chi connectivity index (χ2v) is 7.88. The molecule has 1 fully saturated rings. The lowest BCUT2D eigenvalue weighted by atomic mass is 10.2. The van der Waals surface area contributed by atoms with Gasteiger partial charge in [0.05, 0.1) is 10.5 Å². The van der Waals surface area contributed by atoms with Crippen molar-refractivity contribution in [1.29, 1.82) is 0 Å². The van der Waals surface area contributed by atoms with E-state index in [1.165, 1.54) is 16.4 Å². The number of piperazine rings is 1. The molecule has 0 amide bonds. The van der Waals surface area contributed by atoms with Crippen LogP contribution in [0.25, 0.3) is 0 Å². The molecule has 132 valence electrons. The van der Waals surface area contributed by atoms with Crippen molar-refractivity contribution in [2.75, 3.05) is 33.2 Å². The number of sulfonamides is 1. The van der Waals surface area contributed by atoms with E-state index < -0.39 is 16.0 Å². The molecule has 0 unspecified atom stereocenters. The van der Waals surface area contributed by atoms with Gasteiger partial charge in [0.25, 0.3) is 0 Å². The lowest BCUT2D eigenvalue weighted by Gasteiger charge is -2.31. The van der Waals surface area contributed by atoms with Gasteiger partial charge in [0.2, 0.25) is 10.0 Å². The molecule has 0 atom stereocenters. The van der Waals surface area contributed by atoms with Gasteiger partial charge in [-0.15, -0.1) is 0 Å². The molecule has 1 aliphatic rings. The Morgan fingerprint density at radius 2 is 1.64 bits per heavy atom. The molecule has 1 heterocycles. The lowest BCUT2D eigenvalue weighted by molar-refractivity contribution is 0.0734. The molecular weight excluding hydrogens is 340 g/mol. The molecule has 2 aromatic rings. The normalized spacial score (nSPS) is 16.5. The number of para-hydroxylation sites is 1. The maximum Gasteiger partial charge on any atom is 0.343 e. The highest BCUT2D eigenvalue weighted by atomic mass is 32.2. The molecule has 0 spiro atoms. The van der Waals surface area contributed by atoms with E-state index in [1.807, 2.05) is 13.1 Å². The predicted molar refractivity (Wildman–Crippen MR) is 94.1 cm³/mol. The average molecular weight is 360 g/mol. The van der Waals surface area contributed by atoms with Gasteiger partial charge in [-0.2, -0.15) is 4.31 Å². The summed E-state index contributed by atoms with van der Waals surface area (Å²) in [4.78, 5) is 14.5. The van der Waals surface area contributed by atoms with Crippen LogP contribution in [0, 0.1) is 0 Å². The minimum Gasteiger partial charge on any atom is -0.423 e. The maximum absolute atomic E-state index is 12.8. The summed E-state index contributed by atoms with van der Waals surface area (Å²) in [6.07, 6.45) is 0. The summed E-state index contributed by atoms with van der Waals surface area (Å²) >= 11 is 0. The molecule has 7 heteroatoms. The highest BCUT2D eigenvalue weighted by molar-refractivity contribution is 7.89. The van der Waals surface area contributed by atoms with Crippen LogP contribution in [0.15, 0.2) is 59.5 Å². The van der Waals surface area contributed by atoms with Gasteiger partial charge in [-0.25, -0.2) is 13.2 Å². The standard InChI is InChI=1S/C18H20N2O4S/c1-19-10-12-20(13-11-19)25(22,23)17-9-5-6-15(14-17)18(21)24-16-7-3-2-4-8-16/h2-9,14H,10-13H2,1H3. The summed E-state index contributed by atoms with van der Waals surface area (Å²) in [6, 6.07) is 14.7. The molecule has 0 aliphatic carbocycles. The average Bonchev–Trinajstić information content (AvgIpc) is 2.63. The highest BCUT2D eigenvalue weighted by Crippen LogP contribution is 2.20. The Bertz CT molecular complexity index is 844. The van der Waals surface area contributed by atoms with E-state index in [0.29, 0.717) is 31.9 Å². The molecule has 0 radical (unpaired) electrons. The Labute approximate surface area is 147 Å². The molecule has 0 saturated carbocycles. The van der Waals surface area contributed by atoms with Crippen molar-refractivity contribution in [2.45, 2.75) is 4.90 Å². The van der Waals surface area contributed by atoms with Gasteiger partial charge in [0, 0.05) is 26.2 Å². The number of ether oxygens (including phenoxy) is 1. The highest BCUT2D eigenvalue weighted by Gasteiger charge is 2.28. The Morgan fingerprint density at radius 3 is 2.32 bits per heavy atom. The lowest BCUT2D eigenvalue weighted by Crippen LogP contribution is -2.47. The zero-order chi connectivity index (χ0) is 17.9. The topological polar surface area (TPSA) is 66.9 Å². The zero-order valence-electron chi connectivity index (χ0n) is 14.0. The minimum atomic E-state index is -3.62. The third-order valence-corrected chi connectivity index (χ3v) is 6.02. The van der Waals surface area contributed by atoms with Gasteiger partial charge in [-0.1, -0.05) is 24.3 Å². The van der Waals surface area contributed by atoms with Crippen LogP contribution in [0.1, 0.15) is 10.4 Å². The van der Waals surface area contributed by atoms with Crippen LogP contribution in [0.3, 0.4) is 0 Å². The maximum atomic E-state index is 12.8. The summed E-state index contributed by atoms with van der Waals surface area (Å²) in [5, 5.41) is 0. The molecule has 1 saturated heterocycles. The summed E-state index contributed by atoms with van der Waals surface area (Å²) in [5.41, 5.74) is 0.207. The van der Waals surface area contributed by atoms with Crippen LogP contribution in [0.2, 0.25) is 0 Å². The van der Waals surface area contributed by atoms with E-state index in [1.54, 1.807) is 36.4 Å². The van der Waals surface area contributed by atoms with Crippen LogP contribution in [-0.2, 0) is 10.0 Å². The Kier molecular flexibility index (Phi) is 5.17. The van der Waals surface area contributed by atoms with Crippen LogP contribution >= 0.6 is 0 Å². The van der Waals surface area contributed by atoms with Crippen LogP contribution < -0.4 is 4.74 Å². The third-order valence-electron chi connectivity index (χ3n) is 4.12. The van der Waals surface area contributed by atoms with Crippen LogP contribution in [0.4, 0.5) is 0 Å². The monoisotopic (exact) mass is 360 g/mol. The number of benzene rings is 2. The first-order valence-electron chi connectivity index (χ1n) is 8.03. The van der Waals surface area contributed by atoms with E-state index in [2.05, 4.69) is 4.90 Å². The fourth-order valence-corrected chi connectivity index (χ4v) is 4.08. The van der Waals surface area contributed by atoms with Gasteiger partial charge < -0.3 is 9.64 Å². The minimum absolute atomic E-state index is 0.111. The van der Waals surface area contributed by atoms with Gasteiger partial charge in [0.1, 0.15) is 5.75 Å². The van der Waals surface area contributed by atoms with E-state index in [4.69, 9.17) is 4.74 Å². The second-order valence-electron chi connectivity index (χ2n) is 5.94. The van der Waals surface area contributed by atoms with Gasteiger partial charge in [-0.3, -0.25) is 0 Å². The fourth-order valence-electron chi connectivity index (χ4n) is 2.62. The van der Waals surface area contributed by atoms with Crippen LogP contribution in [0.5, 0.6) is 5.75 Å². The number of esters is 1. The number of hydrogen-bond donors (Lipinski definition) is 0. The first-order valence-corrected chi connectivity index (χ1v) is 9.47. The van der Waals surface area contributed by atoms with E-state index >= 15 is 0 Å². The van der Waals surface area contributed by atoms with Gasteiger partial charge in [-0.05, 0) is 37.4 Å².